The maximum absolute atomic E-state index is 11.8. The summed E-state index contributed by atoms with van der Waals surface area (Å²) >= 11 is 3.46. The summed E-state index contributed by atoms with van der Waals surface area (Å²) < 4.78 is 3.02. The van der Waals surface area contributed by atoms with E-state index in [2.05, 4.69) is 27.3 Å². The molecule has 1 heterocycles. The van der Waals surface area contributed by atoms with Crippen molar-refractivity contribution in [2.24, 2.45) is 5.92 Å². The predicted octanol–water partition coefficient (Wildman–Crippen LogP) is 2.93. The molecule has 0 saturated heterocycles. The van der Waals surface area contributed by atoms with Gasteiger partial charge in [0.2, 0.25) is 5.91 Å². The Labute approximate surface area is 114 Å². The summed E-state index contributed by atoms with van der Waals surface area (Å²) in [6.45, 7) is 1.23. The predicted molar refractivity (Wildman–Crippen MR) is 75.4 cm³/mol. The number of carbonyl (C=O) groups excluding carboxylic acids is 1. The fourth-order valence-electron chi connectivity index (χ4n) is 2.09. The SMILES string of the molecule is O=C(Cn1ccc2ccc(Br)cc21)NCC1CC1. The van der Waals surface area contributed by atoms with Crippen LogP contribution in [0.4, 0.5) is 0 Å². The summed E-state index contributed by atoms with van der Waals surface area (Å²) in [6, 6.07) is 8.15. The number of hydrogen-bond donors (Lipinski definition) is 1. The molecular weight excluding hydrogens is 292 g/mol. The van der Waals surface area contributed by atoms with Crippen molar-refractivity contribution in [1.82, 2.24) is 9.88 Å². The standard InChI is InChI=1S/C14H15BrN2O/c15-12-4-3-11-5-6-17(13(11)7-12)9-14(18)16-8-10-1-2-10/h3-7,10H,1-2,8-9H2,(H,16,18). The molecule has 2 aromatic rings. The molecule has 0 atom stereocenters. The number of carbonyl (C=O) groups is 1. The third-order valence-electron chi connectivity index (χ3n) is 3.33. The molecule has 1 aliphatic carbocycles. The lowest BCUT2D eigenvalue weighted by atomic mass is 10.2. The van der Waals surface area contributed by atoms with Crippen molar-refractivity contribution < 1.29 is 4.79 Å². The summed E-state index contributed by atoms with van der Waals surface area (Å²) in [4.78, 5) is 11.8. The molecule has 0 aliphatic heterocycles. The van der Waals surface area contributed by atoms with Crippen LogP contribution in [0.25, 0.3) is 10.9 Å². The molecule has 18 heavy (non-hydrogen) atoms. The van der Waals surface area contributed by atoms with Crippen LogP contribution in [0.1, 0.15) is 12.8 Å². The minimum absolute atomic E-state index is 0.0966. The molecule has 1 aromatic carbocycles. The lowest BCUT2D eigenvalue weighted by molar-refractivity contribution is -0.121. The molecule has 1 aromatic heterocycles. The highest BCUT2D eigenvalue weighted by Gasteiger charge is 2.21. The largest absolute Gasteiger partial charge is 0.354 e. The molecule has 1 amide bonds. The van der Waals surface area contributed by atoms with Gasteiger partial charge in [-0.25, -0.2) is 0 Å². The van der Waals surface area contributed by atoms with Crippen molar-refractivity contribution in [3.8, 4) is 0 Å². The lowest BCUT2D eigenvalue weighted by Gasteiger charge is -2.07. The molecule has 1 aliphatic rings. The number of rotatable bonds is 4. The Morgan fingerprint density at radius 1 is 1.39 bits per heavy atom. The summed E-state index contributed by atoms with van der Waals surface area (Å²) in [5.41, 5.74) is 1.09. The van der Waals surface area contributed by atoms with Crippen molar-refractivity contribution in [1.29, 1.82) is 0 Å². The van der Waals surface area contributed by atoms with Crippen LogP contribution in [-0.2, 0) is 11.3 Å². The molecule has 3 rings (SSSR count). The first-order chi connectivity index (χ1) is 8.72. The van der Waals surface area contributed by atoms with E-state index < -0.39 is 0 Å². The van der Waals surface area contributed by atoms with E-state index in [0.29, 0.717) is 6.54 Å². The Kier molecular flexibility index (Phi) is 3.12. The second-order valence-corrected chi connectivity index (χ2v) is 5.81. The molecule has 94 valence electrons. The number of benzene rings is 1. The molecule has 4 heteroatoms. The van der Waals surface area contributed by atoms with Gasteiger partial charge in [-0.3, -0.25) is 4.79 Å². The van der Waals surface area contributed by atoms with Crippen LogP contribution in [0.15, 0.2) is 34.9 Å². The zero-order chi connectivity index (χ0) is 12.5. The summed E-state index contributed by atoms with van der Waals surface area (Å²) in [6.07, 6.45) is 4.49. The van der Waals surface area contributed by atoms with Crippen molar-refractivity contribution in [3.63, 3.8) is 0 Å². The highest BCUT2D eigenvalue weighted by Crippen LogP contribution is 2.27. The second-order valence-electron chi connectivity index (χ2n) is 4.89. The normalized spacial score (nSPS) is 14.9. The van der Waals surface area contributed by atoms with Gasteiger partial charge < -0.3 is 9.88 Å². The summed E-state index contributed by atoms with van der Waals surface area (Å²) in [5.74, 6) is 0.823. The second kappa shape index (κ2) is 4.76. The zero-order valence-corrected chi connectivity index (χ0v) is 11.6. The Hall–Kier alpha value is -1.29. The van der Waals surface area contributed by atoms with Crippen LogP contribution >= 0.6 is 15.9 Å². The minimum atomic E-state index is 0.0966. The molecule has 1 N–H and O–H groups in total. The van der Waals surface area contributed by atoms with E-state index >= 15 is 0 Å². The third kappa shape index (κ3) is 2.58. The maximum Gasteiger partial charge on any atom is 0.239 e. The number of amides is 1. The number of fused-ring (bicyclic) bond motifs is 1. The van der Waals surface area contributed by atoms with Crippen LogP contribution in [0.2, 0.25) is 0 Å². The quantitative estimate of drug-likeness (QED) is 0.926. The van der Waals surface area contributed by atoms with Crippen molar-refractivity contribution >= 4 is 32.7 Å². The Morgan fingerprint density at radius 2 is 2.22 bits per heavy atom. The number of nitrogens with one attached hydrogen (secondary N) is 1. The van der Waals surface area contributed by atoms with Gasteiger partial charge >= 0.3 is 0 Å². The van der Waals surface area contributed by atoms with Gasteiger partial charge in [-0.05, 0) is 42.3 Å². The minimum Gasteiger partial charge on any atom is -0.354 e. The van der Waals surface area contributed by atoms with E-state index in [1.165, 1.54) is 12.8 Å². The number of halogens is 1. The molecular formula is C14H15BrN2O. The van der Waals surface area contributed by atoms with Crippen LogP contribution in [0.5, 0.6) is 0 Å². The first kappa shape index (κ1) is 11.8. The molecule has 0 spiro atoms. The van der Waals surface area contributed by atoms with Crippen LogP contribution in [0.3, 0.4) is 0 Å². The van der Waals surface area contributed by atoms with E-state index in [-0.39, 0.29) is 5.91 Å². The highest BCUT2D eigenvalue weighted by atomic mass is 79.9. The average Bonchev–Trinajstić information content (AvgIpc) is 3.11. The van der Waals surface area contributed by atoms with Gasteiger partial charge in [0.25, 0.3) is 0 Å². The molecule has 0 bridgehead atoms. The van der Waals surface area contributed by atoms with E-state index in [9.17, 15) is 4.79 Å². The molecule has 0 unspecified atom stereocenters. The van der Waals surface area contributed by atoms with Gasteiger partial charge in [-0.2, -0.15) is 0 Å². The molecule has 1 saturated carbocycles. The smallest absolute Gasteiger partial charge is 0.239 e. The van der Waals surface area contributed by atoms with Gasteiger partial charge in [-0.1, -0.05) is 22.0 Å². The Bertz CT molecular complexity index is 586. The first-order valence-corrected chi connectivity index (χ1v) is 7.03. The van der Waals surface area contributed by atoms with Gasteiger partial charge in [0.1, 0.15) is 6.54 Å². The topological polar surface area (TPSA) is 34.0 Å². The van der Waals surface area contributed by atoms with Gasteiger partial charge in [0.05, 0.1) is 0 Å². The number of hydrogen-bond acceptors (Lipinski definition) is 1. The van der Waals surface area contributed by atoms with E-state index in [1.807, 2.05) is 29.0 Å². The molecule has 1 fully saturated rings. The highest BCUT2D eigenvalue weighted by molar-refractivity contribution is 9.10. The fourth-order valence-corrected chi connectivity index (χ4v) is 2.43. The molecule has 0 radical (unpaired) electrons. The van der Waals surface area contributed by atoms with Crippen LogP contribution in [-0.4, -0.2) is 17.0 Å². The summed E-state index contributed by atoms with van der Waals surface area (Å²) in [5, 5.41) is 4.15. The van der Waals surface area contributed by atoms with Gasteiger partial charge in [0.15, 0.2) is 0 Å². The Morgan fingerprint density at radius 3 is 3.00 bits per heavy atom. The summed E-state index contributed by atoms with van der Waals surface area (Å²) in [7, 11) is 0. The monoisotopic (exact) mass is 306 g/mol. The third-order valence-corrected chi connectivity index (χ3v) is 3.83. The molecule has 3 nitrogen and oxygen atoms in total. The fraction of sp³-hybridized carbons (Fsp3) is 0.357. The number of aromatic nitrogens is 1. The first-order valence-electron chi connectivity index (χ1n) is 6.23. The van der Waals surface area contributed by atoms with Crippen LogP contribution in [0, 0.1) is 5.92 Å². The lowest BCUT2D eigenvalue weighted by Crippen LogP contribution is -2.29. The zero-order valence-electron chi connectivity index (χ0n) is 10.0. The van der Waals surface area contributed by atoms with Gasteiger partial charge in [0, 0.05) is 22.7 Å². The number of nitrogens with zero attached hydrogens (tertiary/aromatic N) is 1. The van der Waals surface area contributed by atoms with Crippen molar-refractivity contribution in [3.05, 3.63) is 34.9 Å². The maximum atomic E-state index is 11.8. The van der Waals surface area contributed by atoms with Gasteiger partial charge in [-0.15, -0.1) is 0 Å². The Balaban J connectivity index is 1.72. The van der Waals surface area contributed by atoms with Crippen LogP contribution < -0.4 is 5.32 Å². The van der Waals surface area contributed by atoms with E-state index in [4.69, 9.17) is 0 Å². The van der Waals surface area contributed by atoms with Crippen molar-refractivity contribution in [2.45, 2.75) is 19.4 Å². The van der Waals surface area contributed by atoms with E-state index in [0.717, 1.165) is 27.8 Å². The van der Waals surface area contributed by atoms with Crippen molar-refractivity contribution in [2.75, 3.05) is 6.54 Å². The van der Waals surface area contributed by atoms with E-state index in [1.54, 1.807) is 0 Å². The average molecular weight is 307 g/mol.